The summed E-state index contributed by atoms with van der Waals surface area (Å²) in [5.41, 5.74) is 19.6. The Hall–Kier alpha value is -3.36. The second kappa shape index (κ2) is 16.9. The minimum Gasteiger partial charge on any atom is -0.398 e. The lowest BCUT2D eigenvalue weighted by molar-refractivity contribution is 0.564. The van der Waals surface area contributed by atoms with Gasteiger partial charge in [-0.05, 0) is 109 Å². The molecule has 0 heterocycles. The number of isocyanates is 2. The largest absolute Gasteiger partial charge is 0.398 e. The minimum absolute atomic E-state index is 0.636. The topological polar surface area (TPSA) is 111 Å². The summed E-state index contributed by atoms with van der Waals surface area (Å²) in [4.78, 5) is 32.4. The van der Waals surface area contributed by atoms with E-state index in [-0.39, 0.29) is 0 Å². The summed E-state index contributed by atoms with van der Waals surface area (Å²) in [5, 5.41) is 0. The van der Waals surface area contributed by atoms with Gasteiger partial charge in [-0.3, -0.25) is 0 Å². The standard InChI is InChI=1S/C17H14N2O2S2.C15H18N2S2/c1-22-16-8-12(3-5-14(16)18-10-20)7-13-4-6-15(19-11-21)17(9-13)23-2;1-18-14-8-10(3-5-12(14)16)7-11-4-6-13(17)15(9-11)19-2/h3-6,8-9H,7H2,1-2H3;3-6,8-9H,7,16-17H2,1-2H3. The van der Waals surface area contributed by atoms with E-state index in [1.807, 2.05) is 73.6 Å². The van der Waals surface area contributed by atoms with E-state index in [9.17, 15) is 9.59 Å². The number of nitrogens with zero attached hydrogens (tertiary/aromatic N) is 2. The van der Waals surface area contributed by atoms with Crippen LogP contribution in [0, 0.1) is 0 Å². The molecule has 0 spiro atoms. The molecule has 4 aromatic rings. The lowest BCUT2D eigenvalue weighted by atomic mass is 10.0. The summed E-state index contributed by atoms with van der Waals surface area (Å²) in [7, 11) is 0. The fraction of sp³-hybridized carbons (Fsp3) is 0.188. The fourth-order valence-electron chi connectivity index (χ4n) is 4.15. The van der Waals surface area contributed by atoms with Crippen LogP contribution in [0.2, 0.25) is 0 Å². The predicted molar refractivity (Wildman–Crippen MR) is 183 cm³/mol. The molecule has 4 N–H and O–H groups in total. The van der Waals surface area contributed by atoms with Gasteiger partial charge in [0, 0.05) is 31.0 Å². The van der Waals surface area contributed by atoms with E-state index in [4.69, 9.17) is 11.5 Å². The van der Waals surface area contributed by atoms with E-state index in [0.717, 1.165) is 54.9 Å². The Balaban J connectivity index is 0.000000235. The monoisotopic (exact) mass is 632 g/mol. The zero-order chi connectivity index (χ0) is 30.5. The Morgan fingerprint density at radius 1 is 0.524 bits per heavy atom. The summed E-state index contributed by atoms with van der Waals surface area (Å²) in [6.45, 7) is 0. The normalized spacial score (nSPS) is 10.2. The molecule has 0 unspecified atom stereocenters. The van der Waals surface area contributed by atoms with Gasteiger partial charge in [0.05, 0.1) is 11.4 Å². The van der Waals surface area contributed by atoms with Crippen LogP contribution in [0.4, 0.5) is 22.7 Å². The summed E-state index contributed by atoms with van der Waals surface area (Å²) >= 11 is 6.45. The van der Waals surface area contributed by atoms with E-state index in [1.54, 1.807) is 59.2 Å². The second-order valence-electron chi connectivity index (χ2n) is 8.92. The van der Waals surface area contributed by atoms with Crippen LogP contribution in [0.5, 0.6) is 0 Å². The molecule has 0 amide bonds. The molecule has 0 atom stereocenters. The van der Waals surface area contributed by atoms with E-state index >= 15 is 0 Å². The smallest absolute Gasteiger partial charge is 0.240 e. The quantitative estimate of drug-likeness (QED) is 0.0774. The summed E-state index contributed by atoms with van der Waals surface area (Å²) in [6, 6.07) is 24.1. The number of anilines is 2. The molecule has 0 aromatic heterocycles. The van der Waals surface area contributed by atoms with Gasteiger partial charge in [-0.1, -0.05) is 24.3 Å². The van der Waals surface area contributed by atoms with Crippen molar-refractivity contribution in [3.05, 3.63) is 95.1 Å². The Labute approximate surface area is 264 Å². The van der Waals surface area contributed by atoms with Gasteiger partial charge >= 0.3 is 0 Å². The van der Waals surface area contributed by atoms with Crippen molar-refractivity contribution in [3.8, 4) is 0 Å². The lowest BCUT2D eigenvalue weighted by Crippen LogP contribution is -1.94. The molecule has 0 saturated carbocycles. The zero-order valence-corrected chi connectivity index (χ0v) is 27.1. The van der Waals surface area contributed by atoms with Crippen LogP contribution in [0.3, 0.4) is 0 Å². The molecular formula is C32H32N4O2S4. The number of carbonyl (C=O) groups excluding carboxylic acids is 2. The number of nitrogen functional groups attached to an aromatic ring is 2. The van der Waals surface area contributed by atoms with Crippen LogP contribution < -0.4 is 11.5 Å². The SMILES string of the molecule is CSc1cc(Cc2ccc(N)c(SC)c2)ccc1N.CSc1cc(Cc2ccc(N=C=O)c(SC)c2)ccc1N=C=O. The first-order chi connectivity index (χ1) is 20.3. The third-order valence-corrected chi connectivity index (χ3v) is 9.35. The number of benzene rings is 4. The Bertz CT molecular complexity index is 1510. The van der Waals surface area contributed by atoms with Crippen molar-refractivity contribution in [2.45, 2.75) is 32.4 Å². The van der Waals surface area contributed by atoms with Gasteiger partial charge in [0.2, 0.25) is 12.2 Å². The zero-order valence-electron chi connectivity index (χ0n) is 23.8. The second-order valence-corrected chi connectivity index (χ2v) is 12.3. The van der Waals surface area contributed by atoms with Crippen LogP contribution in [-0.4, -0.2) is 37.2 Å². The number of rotatable bonds is 10. The molecule has 0 radical (unpaired) electrons. The number of nitrogens with two attached hydrogens (primary N) is 2. The highest BCUT2D eigenvalue weighted by molar-refractivity contribution is 7.99. The van der Waals surface area contributed by atoms with Gasteiger partial charge in [-0.2, -0.15) is 9.98 Å². The van der Waals surface area contributed by atoms with Gasteiger partial charge in [0.1, 0.15) is 0 Å². The third kappa shape index (κ3) is 9.33. The van der Waals surface area contributed by atoms with Crippen molar-refractivity contribution >= 4 is 82.0 Å². The lowest BCUT2D eigenvalue weighted by Gasteiger charge is -2.09. The van der Waals surface area contributed by atoms with Gasteiger partial charge in [-0.25, -0.2) is 9.59 Å². The molecule has 0 fully saturated rings. The minimum atomic E-state index is 0.636. The molecule has 0 aliphatic carbocycles. The van der Waals surface area contributed by atoms with Gasteiger partial charge in [0.25, 0.3) is 0 Å². The maximum absolute atomic E-state index is 10.4. The first-order valence-electron chi connectivity index (χ1n) is 12.7. The average Bonchev–Trinajstić information content (AvgIpc) is 3.01. The van der Waals surface area contributed by atoms with Crippen LogP contribution in [-0.2, 0) is 22.4 Å². The first kappa shape index (κ1) is 33.1. The summed E-state index contributed by atoms with van der Waals surface area (Å²) < 4.78 is 0. The fourth-order valence-corrected chi connectivity index (χ4v) is 6.48. The van der Waals surface area contributed by atoms with Crippen molar-refractivity contribution in [2.75, 3.05) is 36.5 Å². The maximum Gasteiger partial charge on any atom is 0.240 e. The first-order valence-corrected chi connectivity index (χ1v) is 17.6. The van der Waals surface area contributed by atoms with Crippen LogP contribution in [0.25, 0.3) is 0 Å². The third-order valence-electron chi connectivity index (χ3n) is 6.23. The van der Waals surface area contributed by atoms with E-state index in [2.05, 4.69) is 34.3 Å². The Kier molecular flexibility index (Phi) is 13.4. The van der Waals surface area contributed by atoms with E-state index < -0.39 is 0 Å². The molecule has 0 aliphatic heterocycles. The maximum atomic E-state index is 10.4. The van der Waals surface area contributed by atoms with Crippen molar-refractivity contribution in [1.29, 1.82) is 0 Å². The van der Waals surface area contributed by atoms with Crippen LogP contribution >= 0.6 is 47.0 Å². The van der Waals surface area contributed by atoms with Gasteiger partial charge in [-0.15, -0.1) is 47.0 Å². The number of hydrogen-bond donors (Lipinski definition) is 2. The Morgan fingerprint density at radius 2 is 0.833 bits per heavy atom. The number of hydrogen-bond acceptors (Lipinski definition) is 10. The highest BCUT2D eigenvalue weighted by Gasteiger charge is 2.07. The number of aliphatic imine (C=N–C) groups is 2. The molecule has 6 nitrogen and oxygen atoms in total. The molecule has 4 rings (SSSR count). The molecule has 0 saturated heterocycles. The summed E-state index contributed by atoms with van der Waals surface area (Å²) in [5.74, 6) is 0. The van der Waals surface area contributed by atoms with E-state index in [1.165, 1.54) is 11.1 Å². The molecule has 0 bridgehead atoms. The van der Waals surface area contributed by atoms with Crippen molar-refractivity contribution in [3.63, 3.8) is 0 Å². The molecule has 216 valence electrons. The molecule has 42 heavy (non-hydrogen) atoms. The average molecular weight is 633 g/mol. The van der Waals surface area contributed by atoms with Gasteiger partial charge < -0.3 is 11.5 Å². The number of thioether (sulfide) groups is 4. The summed E-state index contributed by atoms with van der Waals surface area (Å²) in [6.07, 6.45) is 12.8. The van der Waals surface area contributed by atoms with Crippen molar-refractivity contribution in [1.82, 2.24) is 0 Å². The van der Waals surface area contributed by atoms with Gasteiger partial charge in [0.15, 0.2) is 0 Å². The van der Waals surface area contributed by atoms with E-state index in [0.29, 0.717) is 11.4 Å². The highest BCUT2D eigenvalue weighted by atomic mass is 32.2. The van der Waals surface area contributed by atoms with Crippen molar-refractivity contribution < 1.29 is 9.59 Å². The molecule has 10 heteroatoms. The predicted octanol–water partition coefficient (Wildman–Crippen LogP) is 8.54. The molecule has 0 aliphatic rings. The molecular weight excluding hydrogens is 601 g/mol. The van der Waals surface area contributed by atoms with Crippen LogP contribution in [0.1, 0.15) is 22.3 Å². The van der Waals surface area contributed by atoms with Crippen LogP contribution in [0.15, 0.2) is 102 Å². The Morgan fingerprint density at radius 3 is 1.14 bits per heavy atom. The highest BCUT2D eigenvalue weighted by Crippen LogP contribution is 2.32. The van der Waals surface area contributed by atoms with Crippen molar-refractivity contribution in [2.24, 2.45) is 9.98 Å². The molecule has 4 aromatic carbocycles.